The van der Waals surface area contributed by atoms with Crippen molar-refractivity contribution in [2.45, 2.75) is 65.1 Å². The molecule has 2 aliphatic heterocycles. The maximum absolute atomic E-state index is 12.4. The van der Waals surface area contributed by atoms with Crippen LogP contribution in [-0.2, 0) is 11.2 Å². The first-order valence-corrected chi connectivity index (χ1v) is 10.7. The summed E-state index contributed by atoms with van der Waals surface area (Å²) in [5, 5.41) is 3.19. The molecule has 3 rings (SSSR count). The third kappa shape index (κ3) is 5.61. The number of piperidine rings is 1. The summed E-state index contributed by atoms with van der Waals surface area (Å²) in [7, 11) is 0. The van der Waals surface area contributed by atoms with E-state index in [0.717, 1.165) is 44.1 Å². The van der Waals surface area contributed by atoms with Gasteiger partial charge in [-0.25, -0.2) is 0 Å². The standard InChI is InChI=1S/C22H35N3O3/c1-4-25(17(2)14-19-8-9-20-21(15-19)28-16-27-20)18(3)23-22(26)10-13-24-11-6-5-7-12-24/h8-9,15,17-18H,4-7,10-14,16H2,1-3H3,(H,23,26). The molecule has 1 aromatic rings. The van der Waals surface area contributed by atoms with Crippen molar-refractivity contribution in [2.24, 2.45) is 0 Å². The highest BCUT2D eigenvalue weighted by Gasteiger charge is 2.22. The Morgan fingerprint density at radius 3 is 2.68 bits per heavy atom. The van der Waals surface area contributed by atoms with Gasteiger partial charge in [-0.3, -0.25) is 9.69 Å². The second-order valence-electron chi connectivity index (χ2n) is 7.97. The van der Waals surface area contributed by atoms with Gasteiger partial charge in [0, 0.05) is 19.0 Å². The number of likely N-dealkylation sites (N-methyl/N-ethyl adjacent to an activating group) is 1. The molecule has 2 unspecified atom stereocenters. The van der Waals surface area contributed by atoms with Crippen LogP contribution in [0.15, 0.2) is 18.2 Å². The normalized spacial score (nSPS) is 18.9. The van der Waals surface area contributed by atoms with Crippen molar-refractivity contribution in [1.82, 2.24) is 15.1 Å². The Morgan fingerprint density at radius 2 is 1.93 bits per heavy atom. The Labute approximate surface area is 169 Å². The summed E-state index contributed by atoms with van der Waals surface area (Å²) < 4.78 is 10.9. The lowest BCUT2D eigenvalue weighted by Gasteiger charge is -2.34. The molecule has 1 aromatic carbocycles. The Kier molecular flexibility index (Phi) is 7.57. The van der Waals surface area contributed by atoms with Gasteiger partial charge in [0.25, 0.3) is 0 Å². The van der Waals surface area contributed by atoms with E-state index >= 15 is 0 Å². The van der Waals surface area contributed by atoms with E-state index in [1.807, 2.05) is 6.07 Å². The molecule has 0 aromatic heterocycles. The van der Waals surface area contributed by atoms with Crippen LogP contribution in [-0.4, -0.2) is 60.9 Å². The van der Waals surface area contributed by atoms with Crippen molar-refractivity contribution < 1.29 is 14.3 Å². The van der Waals surface area contributed by atoms with Gasteiger partial charge in [-0.1, -0.05) is 19.4 Å². The molecule has 0 aliphatic carbocycles. The van der Waals surface area contributed by atoms with Crippen LogP contribution < -0.4 is 14.8 Å². The van der Waals surface area contributed by atoms with Gasteiger partial charge in [-0.15, -0.1) is 0 Å². The van der Waals surface area contributed by atoms with Crippen LogP contribution in [0.4, 0.5) is 0 Å². The van der Waals surface area contributed by atoms with Gasteiger partial charge in [0.15, 0.2) is 11.5 Å². The molecule has 6 heteroatoms. The topological polar surface area (TPSA) is 54.0 Å². The number of carbonyl (C=O) groups excluding carboxylic acids is 1. The third-order valence-electron chi connectivity index (χ3n) is 5.87. The van der Waals surface area contributed by atoms with E-state index < -0.39 is 0 Å². The monoisotopic (exact) mass is 389 g/mol. The Hall–Kier alpha value is -1.79. The van der Waals surface area contributed by atoms with Crippen LogP contribution in [0.5, 0.6) is 11.5 Å². The minimum atomic E-state index is 0.0165. The zero-order chi connectivity index (χ0) is 19.9. The van der Waals surface area contributed by atoms with Crippen molar-refractivity contribution in [2.75, 3.05) is 33.0 Å². The molecule has 1 saturated heterocycles. The predicted octanol–water partition coefficient (Wildman–Crippen LogP) is 3.01. The molecule has 28 heavy (non-hydrogen) atoms. The fraction of sp³-hybridized carbons (Fsp3) is 0.682. The van der Waals surface area contributed by atoms with Gasteiger partial charge < -0.3 is 19.7 Å². The van der Waals surface area contributed by atoms with E-state index in [1.165, 1.54) is 24.8 Å². The molecule has 1 N–H and O–H groups in total. The molecule has 6 nitrogen and oxygen atoms in total. The average molecular weight is 390 g/mol. The lowest BCUT2D eigenvalue weighted by atomic mass is 10.0. The van der Waals surface area contributed by atoms with Gasteiger partial charge in [0.2, 0.25) is 12.7 Å². The number of carbonyl (C=O) groups is 1. The Balaban J connectivity index is 1.47. The van der Waals surface area contributed by atoms with Crippen LogP contribution in [0.2, 0.25) is 0 Å². The van der Waals surface area contributed by atoms with E-state index in [9.17, 15) is 4.79 Å². The molecular weight excluding hydrogens is 354 g/mol. The van der Waals surface area contributed by atoms with Crippen LogP contribution >= 0.6 is 0 Å². The summed E-state index contributed by atoms with van der Waals surface area (Å²) in [5.41, 5.74) is 1.22. The largest absolute Gasteiger partial charge is 0.454 e. The number of rotatable bonds is 9. The van der Waals surface area contributed by atoms with E-state index in [1.54, 1.807) is 0 Å². The molecule has 1 fully saturated rings. The number of nitrogens with zero attached hydrogens (tertiary/aromatic N) is 2. The summed E-state index contributed by atoms with van der Waals surface area (Å²) in [6, 6.07) is 6.45. The van der Waals surface area contributed by atoms with Gasteiger partial charge in [-0.2, -0.15) is 0 Å². The first kappa shape index (κ1) is 20.9. The molecule has 1 amide bonds. The van der Waals surface area contributed by atoms with Gasteiger partial charge >= 0.3 is 0 Å². The SMILES string of the molecule is CCN(C(C)Cc1ccc2c(c1)OCO2)C(C)NC(=O)CCN1CCCCC1. The summed E-state index contributed by atoms with van der Waals surface area (Å²) >= 11 is 0. The fourth-order valence-corrected chi connectivity index (χ4v) is 4.32. The third-order valence-corrected chi connectivity index (χ3v) is 5.87. The molecule has 2 atom stereocenters. The van der Waals surface area contributed by atoms with Crippen LogP contribution in [0.3, 0.4) is 0 Å². The number of fused-ring (bicyclic) bond motifs is 1. The van der Waals surface area contributed by atoms with E-state index in [4.69, 9.17) is 9.47 Å². The molecular formula is C22H35N3O3. The lowest BCUT2D eigenvalue weighted by Crippen LogP contribution is -2.51. The van der Waals surface area contributed by atoms with Crippen molar-refractivity contribution in [3.8, 4) is 11.5 Å². The zero-order valence-electron chi connectivity index (χ0n) is 17.6. The van der Waals surface area contributed by atoms with Gasteiger partial charge in [-0.05, 0) is 70.4 Å². The summed E-state index contributed by atoms with van der Waals surface area (Å²) in [5.74, 6) is 1.79. The number of likely N-dealkylation sites (tertiary alicyclic amines) is 1. The quantitative estimate of drug-likeness (QED) is 0.658. The van der Waals surface area contributed by atoms with Crippen LogP contribution in [0, 0.1) is 0 Å². The highest BCUT2D eigenvalue weighted by molar-refractivity contribution is 5.76. The maximum atomic E-state index is 12.4. The van der Waals surface area contributed by atoms with Gasteiger partial charge in [0.05, 0.1) is 6.17 Å². The number of benzene rings is 1. The smallest absolute Gasteiger partial charge is 0.231 e. The van der Waals surface area contributed by atoms with Crippen LogP contribution in [0.25, 0.3) is 0 Å². The first-order chi connectivity index (χ1) is 13.6. The summed E-state index contributed by atoms with van der Waals surface area (Å²) in [6.45, 7) is 10.8. The van der Waals surface area contributed by atoms with Crippen molar-refractivity contribution in [1.29, 1.82) is 0 Å². The second-order valence-corrected chi connectivity index (χ2v) is 7.97. The Morgan fingerprint density at radius 1 is 1.18 bits per heavy atom. The molecule has 0 saturated carbocycles. The van der Waals surface area contributed by atoms with Crippen molar-refractivity contribution >= 4 is 5.91 Å². The highest BCUT2D eigenvalue weighted by atomic mass is 16.7. The summed E-state index contributed by atoms with van der Waals surface area (Å²) in [6.07, 6.45) is 5.35. The van der Waals surface area contributed by atoms with Gasteiger partial charge in [0.1, 0.15) is 0 Å². The molecule has 0 radical (unpaired) electrons. The van der Waals surface area contributed by atoms with E-state index in [-0.39, 0.29) is 12.1 Å². The molecule has 2 heterocycles. The number of hydrogen-bond acceptors (Lipinski definition) is 5. The van der Waals surface area contributed by atoms with E-state index in [2.05, 4.69) is 48.0 Å². The fourth-order valence-electron chi connectivity index (χ4n) is 4.32. The van der Waals surface area contributed by atoms with Crippen molar-refractivity contribution in [3.05, 3.63) is 23.8 Å². The second kappa shape index (κ2) is 10.1. The zero-order valence-corrected chi connectivity index (χ0v) is 17.6. The highest BCUT2D eigenvalue weighted by Crippen LogP contribution is 2.33. The molecule has 0 bridgehead atoms. The van der Waals surface area contributed by atoms with Crippen molar-refractivity contribution in [3.63, 3.8) is 0 Å². The minimum Gasteiger partial charge on any atom is -0.454 e. The lowest BCUT2D eigenvalue weighted by molar-refractivity contribution is -0.123. The minimum absolute atomic E-state index is 0.0165. The van der Waals surface area contributed by atoms with E-state index in [0.29, 0.717) is 19.3 Å². The average Bonchev–Trinajstić information content (AvgIpc) is 3.15. The molecule has 156 valence electrons. The first-order valence-electron chi connectivity index (χ1n) is 10.7. The summed E-state index contributed by atoms with van der Waals surface area (Å²) in [4.78, 5) is 17.2. The number of hydrogen-bond donors (Lipinski definition) is 1. The van der Waals surface area contributed by atoms with Crippen LogP contribution in [0.1, 0.15) is 52.0 Å². The number of amides is 1. The predicted molar refractivity (Wildman–Crippen MR) is 111 cm³/mol. The number of ether oxygens (including phenoxy) is 2. The number of nitrogens with one attached hydrogen (secondary N) is 1. The molecule has 2 aliphatic rings. The molecule has 0 spiro atoms. The maximum Gasteiger partial charge on any atom is 0.231 e. The Bertz CT molecular complexity index is 646.